The van der Waals surface area contributed by atoms with Gasteiger partial charge in [-0.25, -0.2) is 4.98 Å². The Hall–Kier alpha value is -2.94. The number of amides is 1. The lowest BCUT2D eigenvalue weighted by Gasteiger charge is -1.98. The fourth-order valence-electron chi connectivity index (χ4n) is 1.74. The summed E-state index contributed by atoms with van der Waals surface area (Å²) < 4.78 is 10.4. The van der Waals surface area contributed by atoms with E-state index in [4.69, 9.17) is 9.47 Å². The minimum absolute atomic E-state index is 0.130. The summed E-state index contributed by atoms with van der Waals surface area (Å²) in [5.74, 6) is 0.858. The van der Waals surface area contributed by atoms with Crippen LogP contribution in [0.5, 0.6) is 11.5 Å². The number of hydrogen-bond acceptors (Lipinski definition) is 7. The summed E-state index contributed by atoms with van der Waals surface area (Å²) >= 11 is 0.795. The molecule has 0 unspecified atom stereocenters. The van der Waals surface area contributed by atoms with E-state index in [1.54, 1.807) is 24.3 Å². The van der Waals surface area contributed by atoms with E-state index in [0.29, 0.717) is 11.5 Å². The Labute approximate surface area is 128 Å². The lowest BCUT2D eigenvalue weighted by atomic mass is 10.2. The quantitative estimate of drug-likeness (QED) is 0.527. The monoisotopic (exact) mass is 319 g/mol. The van der Waals surface area contributed by atoms with Crippen LogP contribution >= 0.6 is 11.3 Å². The molecule has 0 saturated carbocycles. The van der Waals surface area contributed by atoms with Crippen molar-refractivity contribution in [1.29, 1.82) is 0 Å². The minimum atomic E-state index is -0.560. The Bertz CT molecular complexity index is 771. The largest absolute Gasteiger partial charge is 0.454 e. The van der Waals surface area contributed by atoms with Crippen LogP contribution in [0.3, 0.4) is 0 Å². The summed E-state index contributed by atoms with van der Waals surface area (Å²) in [4.78, 5) is 25.5. The molecule has 2 heterocycles. The molecule has 8 nitrogen and oxygen atoms in total. The van der Waals surface area contributed by atoms with E-state index < -0.39 is 10.8 Å². The van der Waals surface area contributed by atoms with E-state index in [1.807, 2.05) is 0 Å². The minimum Gasteiger partial charge on any atom is -0.454 e. The molecule has 0 fully saturated rings. The van der Waals surface area contributed by atoms with E-state index in [-0.39, 0.29) is 16.9 Å². The van der Waals surface area contributed by atoms with Crippen LogP contribution in [-0.4, -0.2) is 22.6 Å². The second kappa shape index (κ2) is 5.82. The number of hydrogen-bond donors (Lipinski definition) is 1. The molecular formula is C13H9N3O5S. The first kappa shape index (κ1) is 14.0. The predicted molar refractivity (Wildman–Crippen MR) is 79.0 cm³/mol. The SMILES string of the molecule is O=C(/C=C/c1ccc2c(c1)OCO2)Nc1ncc([N+](=O)[O-])s1. The Balaban J connectivity index is 1.64. The highest BCUT2D eigenvalue weighted by Crippen LogP contribution is 2.32. The van der Waals surface area contributed by atoms with Gasteiger partial charge in [-0.05, 0) is 35.1 Å². The standard InChI is InChI=1S/C13H9N3O5S/c17-11(15-13-14-6-12(22-13)16(18)19)4-2-8-1-3-9-10(5-8)21-7-20-9/h1-6H,7H2,(H,14,15,17)/b4-2+. The molecule has 0 saturated heterocycles. The third kappa shape index (κ3) is 3.04. The second-order valence-electron chi connectivity index (χ2n) is 4.20. The van der Waals surface area contributed by atoms with Crippen LogP contribution in [-0.2, 0) is 4.79 Å². The van der Waals surface area contributed by atoms with Gasteiger partial charge in [0.25, 0.3) is 0 Å². The predicted octanol–water partition coefficient (Wildman–Crippen LogP) is 2.43. The molecule has 0 bridgehead atoms. The van der Waals surface area contributed by atoms with Gasteiger partial charge in [0.05, 0.1) is 4.92 Å². The number of nitrogens with one attached hydrogen (secondary N) is 1. The molecule has 1 N–H and O–H groups in total. The molecule has 1 aromatic carbocycles. The molecule has 9 heteroatoms. The van der Waals surface area contributed by atoms with Crippen molar-refractivity contribution in [2.45, 2.75) is 0 Å². The van der Waals surface area contributed by atoms with Gasteiger partial charge in [0, 0.05) is 6.08 Å². The van der Waals surface area contributed by atoms with Gasteiger partial charge in [-0.2, -0.15) is 0 Å². The molecule has 1 amide bonds. The van der Waals surface area contributed by atoms with Gasteiger partial charge in [0.1, 0.15) is 6.20 Å². The van der Waals surface area contributed by atoms with Crippen molar-refractivity contribution in [2.24, 2.45) is 0 Å². The number of fused-ring (bicyclic) bond motifs is 1. The fraction of sp³-hybridized carbons (Fsp3) is 0.0769. The second-order valence-corrected chi connectivity index (χ2v) is 5.21. The zero-order valence-corrected chi connectivity index (χ0v) is 11.8. The van der Waals surface area contributed by atoms with Crippen LogP contribution in [0.25, 0.3) is 6.08 Å². The Morgan fingerprint density at radius 2 is 2.23 bits per heavy atom. The maximum atomic E-state index is 11.7. The van der Waals surface area contributed by atoms with Gasteiger partial charge in [-0.3, -0.25) is 20.2 Å². The molecule has 0 spiro atoms. The van der Waals surface area contributed by atoms with Gasteiger partial charge in [-0.1, -0.05) is 6.07 Å². The van der Waals surface area contributed by atoms with E-state index in [0.717, 1.165) is 23.1 Å². The first-order valence-corrected chi connectivity index (χ1v) is 6.92. The van der Waals surface area contributed by atoms with E-state index in [9.17, 15) is 14.9 Å². The normalized spacial score (nSPS) is 12.5. The van der Waals surface area contributed by atoms with Crippen molar-refractivity contribution in [3.63, 3.8) is 0 Å². The summed E-state index contributed by atoms with van der Waals surface area (Å²) in [6.45, 7) is 0.186. The van der Waals surface area contributed by atoms with Gasteiger partial charge in [-0.15, -0.1) is 0 Å². The first-order valence-electron chi connectivity index (χ1n) is 6.11. The van der Waals surface area contributed by atoms with Crippen LogP contribution in [0.1, 0.15) is 5.56 Å². The number of ether oxygens (including phenoxy) is 2. The summed E-state index contributed by atoms with van der Waals surface area (Å²) in [6.07, 6.45) is 4.01. The van der Waals surface area contributed by atoms with Gasteiger partial charge in [0.15, 0.2) is 16.6 Å². The Morgan fingerprint density at radius 1 is 1.41 bits per heavy atom. The molecule has 112 valence electrons. The van der Waals surface area contributed by atoms with Crippen LogP contribution in [0, 0.1) is 10.1 Å². The molecular weight excluding hydrogens is 310 g/mol. The average Bonchev–Trinajstić information content (AvgIpc) is 3.13. The molecule has 2 aromatic rings. The van der Waals surface area contributed by atoms with Crippen LogP contribution in [0.4, 0.5) is 10.1 Å². The Morgan fingerprint density at radius 3 is 3.00 bits per heavy atom. The average molecular weight is 319 g/mol. The highest BCUT2D eigenvalue weighted by atomic mass is 32.1. The van der Waals surface area contributed by atoms with Crippen molar-refractivity contribution in [1.82, 2.24) is 4.98 Å². The molecule has 1 aromatic heterocycles. The van der Waals surface area contributed by atoms with Gasteiger partial charge >= 0.3 is 5.00 Å². The number of carbonyl (C=O) groups is 1. The number of aromatic nitrogens is 1. The van der Waals surface area contributed by atoms with Crippen molar-refractivity contribution >= 4 is 33.5 Å². The molecule has 0 aliphatic carbocycles. The van der Waals surface area contributed by atoms with Crippen molar-refractivity contribution in [3.05, 3.63) is 46.1 Å². The van der Waals surface area contributed by atoms with Crippen LogP contribution < -0.4 is 14.8 Å². The smallest absolute Gasteiger partial charge is 0.345 e. The van der Waals surface area contributed by atoms with Crippen molar-refractivity contribution in [2.75, 3.05) is 12.1 Å². The van der Waals surface area contributed by atoms with Crippen LogP contribution in [0.2, 0.25) is 0 Å². The molecule has 1 aliphatic heterocycles. The maximum absolute atomic E-state index is 11.7. The molecule has 0 atom stereocenters. The number of nitrogens with zero attached hydrogens (tertiary/aromatic N) is 2. The maximum Gasteiger partial charge on any atom is 0.345 e. The third-order valence-electron chi connectivity index (χ3n) is 2.73. The highest BCUT2D eigenvalue weighted by Gasteiger charge is 2.13. The third-order valence-corrected chi connectivity index (χ3v) is 3.59. The highest BCUT2D eigenvalue weighted by molar-refractivity contribution is 7.18. The number of rotatable bonds is 4. The summed E-state index contributed by atoms with van der Waals surface area (Å²) in [5, 5.41) is 13.0. The summed E-state index contributed by atoms with van der Waals surface area (Å²) in [5.41, 5.74) is 0.768. The number of benzene rings is 1. The lowest BCUT2D eigenvalue weighted by molar-refractivity contribution is -0.380. The van der Waals surface area contributed by atoms with E-state index in [2.05, 4.69) is 10.3 Å². The molecule has 1 aliphatic rings. The zero-order valence-electron chi connectivity index (χ0n) is 11.0. The zero-order chi connectivity index (χ0) is 15.5. The molecule has 0 radical (unpaired) electrons. The first-order chi connectivity index (χ1) is 10.6. The number of carbonyl (C=O) groups excluding carboxylic acids is 1. The van der Waals surface area contributed by atoms with Crippen LogP contribution in [0.15, 0.2) is 30.5 Å². The van der Waals surface area contributed by atoms with Gasteiger partial charge in [0.2, 0.25) is 12.7 Å². The molecule has 22 heavy (non-hydrogen) atoms. The van der Waals surface area contributed by atoms with Crippen molar-refractivity contribution < 1.29 is 19.2 Å². The fourth-order valence-corrected chi connectivity index (χ4v) is 2.38. The van der Waals surface area contributed by atoms with Gasteiger partial charge < -0.3 is 9.47 Å². The number of nitro groups is 1. The van der Waals surface area contributed by atoms with Crippen molar-refractivity contribution in [3.8, 4) is 11.5 Å². The summed E-state index contributed by atoms with van der Waals surface area (Å²) in [7, 11) is 0. The lowest BCUT2D eigenvalue weighted by Crippen LogP contribution is -2.07. The number of thiazole rings is 1. The summed E-state index contributed by atoms with van der Waals surface area (Å²) in [6, 6.07) is 5.29. The van der Waals surface area contributed by atoms with E-state index >= 15 is 0 Å². The number of anilines is 1. The van der Waals surface area contributed by atoms with E-state index in [1.165, 1.54) is 6.08 Å². The topological polar surface area (TPSA) is 104 Å². The molecule has 3 rings (SSSR count). The Kier molecular flexibility index (Phi) is 3.71.